The van der Waals surface area contributed by atoms with Crippen molar-refractivity contribution >= 4 is 11.6 Å². The summed E-state index contributed by atoms with van der Waals surface area (Å²) in [6, 6.07) is 3.59. The van der Waals surface area contributed by atoms with Crippen LogP contribution in [0.15, 0.2) is 18.3 Å². The van der Waals surface area contributed by atoms with Gasteiger partial charge in [0.1, 0.15) is 17.5 Å². The zero-order chi connectivity index (χ0) is 10.5. The molecular weight excluding hydrogens is 212 g/mol. The van der Waals surface area contributed by atoms with Crippen LogP contribution in [-0.2, 0) is 0 Å². The summed E-state index contributed by atoms with van der Waals surface area (Å²) in [5.74, 6) is 0.790. The molecule has 0 unspecified atom stereocenters. The van der Waals surface area contributed by atoms with Gasteiger partial charge in [-0.15, -0.1) is 0 Å². The molecule has 1 aromatic rings. The van der Waals surface area contributed by atoms with Crippen molar-refractivity contribution in [3.63, 3.8) is 0 Å². The lowest BCUT2D eigenvalue weighted by molar-refractivity contribution is 0.237. The maximum absolute atomic E-state index is 5.67. The molecule has 1 fully saturated rings. The van der Waals surface area contributed by atoms with Gasteiger partial charge in [0.15, 0.2) is 0 Å². The molecule has 82 valence electrons. The second kappa shape index (κ2) is 5.33. The summed E-state index contributed by atoms with van der Waals surface area (Å²) in [5.41, 5.74) is 0. The lowest BCUT2D eigenvalue weighted by atomic mass is 10.4. The SMILES string of the molecule is Clc1ccc(OCCN2CCCC2)cn1. The number of hydrogen-bond donors (Lipinski definition) is 0. The van der Waals surface area contributed by atoms with Crippen LogP contribution in [0.25, 0.3) is 0 Å². The van der Waals surface area contributed by atoms with Crippen molar-refractivity contribution in [1.29, 1.82) is 0 Å². The zero-order valence-corrected chi connectivity index (χ0v) is 9.41. The highest BCUT2D eigenvalue weighted by atomic mass is 35.5. The first-order valence-electron chi connectivity index (χ1n) is 5.31. The van der Waals surface area contributed by atoms with Crippen molar-refractivity contribution in [2.24, 2.45) is 0 Å². The Balaban J connectivity index is 1.71. The first kappa shape index (κ1) is 10.7. The average Bonchev–Trinajstić information content (AvgIpc) is 2.74. The third-order valence-corrected chi connectivity index (χ3v) is 2.80. The summed E-state index contributed by atoms with van der Waals surface area (Å²) >= 11 is 5.67. The van der Waals surface area contributed by atoms with Crippen LogP contribution < -0.4 is 4.74 Å². The summed E-state index contributed by atoms with van der Waals surface area (Å²) in [6.45, 7) is 4.15. The van der Waals surface area contributed by atoms with Crippen LogP contribution in [-0.4, -0.2) is 36.1 Å². The molecule has 15 heavy (non-hydrogen) atoms. The summed E-state index contributed by atoms with van der Waals surface area (Å²) < 4.78 is 5.56. The average molecular weight is 227 g/mol. The first-order chi connectivity index (χ1) is 7.34. The molecule has 2 heterocycles. The van der Waals surface area contributed by atoms with E-state index in [1.165, 1.54) is 25.9 Å². The molecule has 0 atom stereocenters. The normalized spacial score (nSPS) is 16.9. The Bertz CT molecular complexity index is 296. The summed E-state index contributed by atoms with van der Waals surface area (Å²) in [4.78, 5) is 6.38. The predicted molar refractivity (Wildman–Crippen MR) is 60.4 cm³/mol. The minimum Gasteiger partial charge on any atom is -0.491 e. The highest BCUT2D eigenvalue weighted by Crippen LogP contribution is 2.12. The quantitative estimate of drug-likeness (QED) is 0.737. The molecule has 3 nitrogen and oxygen atoms in total. The van der Waals surface area contributed by atoms with E-state index in [2.05, 4.69) is 9.88 Å². The molecule has 1 aliphatic rings. The van der Waals surface area contributed by atoms with E-state index in [1.807, 2.05) is 6.07 Å². The lowest BCUT2D eigenvalue weighted by Crippen LogP contribution is -2.25. The molecule has 0 aromatic carbocycles. The van der Waals surface area contributed by atoms with Crippen LogP contribution >= 0.6 is 11.6 Å². The third kappa shape index (κ3) is 3.36. The van der Waals surface area contributed by atoms with Crippen molar-refractivity contribution in [2.45, 2.75) is 12.8 Å². The van der Waals surface area contributed by atoms with Crippen LogP contribution in [0.1, 0.15) is 12.8 Å². The maximum atomic E-state index is 5.67. The summed E-state index contributed by atoms with van der Waals surface area (Å²) in [5, 5.41) is 0.502. The smallest absolute Gasteiger partial charge is 0.137 e. The number of rotatable bonds is 4. The lowest BCUT2D eigenvalue weighted by Gasteiger charge is -2.14. The fourth-order valence-electron chi connectivity index (χ4n) is 1.75. The Morgan fingerprint density at radius 3 is 2.80 bits per heavy atom. The number of likely N-dealkylation sites (tertiary alicyclic amines) is 1. The number of hydrogen-bond acceptors (Lipinski definition) is 3. The monoisotopic (exact) mass is 226 g/mol. The van der Waals surface area contributed by atoms with E-state index < -0.39 is 0 Å². The van der Waals surface area contributed by atoms with Crippen LogP contribution in [0.2, 0.25) is 5.15 Å². The van der Waals surface area contributed by atoms with Crippen LogP contribution in [0.3, 0.4) is 0 Å². The second-order valence-corrected chi connectivity index (χ2v) is 4.10. The molecule has 0 aliphatic carbocycles. The van der Waals surface area contributed by atoms with Gasteiger partial charge in [0.2, 0.25) is 0 Å². The maximum Gasteiger partial charge on any atom is 0.137 e. The summed E-state index contributed by atoms with van der Waals surface area (Å²) in [7, 11) is 0. The highest BCUT2D eigenvalue weighted by molar-refractivity contribution is 6.29. The van der Waals surface area contributed by atoms with Crippen molar-refractivity contribution in [2.75, 3.05) is 26.2 Å². The Labute approximate surface area is 95.0 Å². The van der Waals surface area contributed by atoms with Gasteiger partial charge < -0.3 is 4.74 Å². The van der Waals surface area contributed by atoms with E-state index in [1.54, 1.807) is 12.3 Å². The molecule has 0 amide bonds. The Morgan fingerprint density at radius 1 is 1.33 bits per heavy atom. The van der Waals surface area contributed by atoms with Gasteiger partial charge in [0.05, 0.1) is 6.20 Å². The standard InChI is InChI=1S/C11H15ClN2O/c12-11-4-3-10(9-13-11)15-8-7-14-5-1-2-6-14/h3-4,9H,1-2,5-8H2. The zero-order valence-electron chi connectivity index (χ0n) is 8.66. The molecule has 2 rings (SSSR count). The number of pyridine rings is 1. The second-order valence-electron chi connectivity index (χ2n) is 3.71. The summed E-state index contributed by atoms with van der Waals surface area (Å²) in [6.07, 6.45) is 4.30. The molecule has 0 radical (unpaired) electrons. The van der Waals surface area contributed by atoms with E-state index in [4.69, 9.17) is 16.3 Å². The molecule has 1 saturated heterocycles. The van der Waals surface area contributed by atoms with Crippen molar-refractivity contribution < 1.29 is 4.74 Å². The van der Waals surface area contributed by atoms with E-state index >= 15 is 0 Å². The number of ether oxygens (including phenoxy) is 1. The van der Waals surface area contributed by atoms with Crippen LogP contribution in [0.4, 0.5) is 0 Å². The largest absolute Gasteiger partial charge is 0.491 e. The van der Waals surface area contributed by atoms with Crippen molar-refractivity contribution in [3.05, 3.63) is 23.5 Å². The fraction of sp³-hybridized carbons (Fsp3) is 0.545. The molecule has 1 aliphatic heterocycles. The molecule has 4 heteroatoms. The van der Waals surface area contributed by atoms with Gasteiger partial charge in [0.25, 0.3) is 0 Å². The molecular formula is C11H15ClN2O. The van der Waals surface area contributed by atoms with Gasteiger partial charge in [-0.1, -0.05) is 11.6 Å². The first-order valence-corrected chi connectivity index (χ1v) is 5.69. The number of halogens is 1. The molecule has 0 N–H and O–H groups in total. The van der Waals surface area contributed by atoms with Crippen molar-refractivity contribution in [3.8, 4) is 5.75 Å². The topological polar surface area (TPSA) is 25.4 Å². The van der Waals surface area contributed by atoms with E-state index in [-0.39, 0.29) is 0 Å². The van der Waals surface area contributed by atoms with E-state index in [0.717, 1.165) is 18.9 Å². The molecule has 0 saturated carbocycles. The minimum atomic E-state index is 0.502. The minimum absolute atomic E-state index is 0.502. The van der Waals surface area contributed by atoms with Crippen molar-refractivity contribution in [1.82, 2.24) is 9.88 Å². The molecule has 0 spiro atoms. The Kier molecular flexibility index (Phi) is 3.80. The van der Waals surface area contributed by atoms with Gasteiger partial charge in [0, 0.05) is 6.54 Å². The van der Waals surface area contributed by atoms with Crippen LogP contribution in [0.5, 0.6) is 5.75 Å². The van der Waals surface area contributed by atoms with Gasteiger partial charge in [-0.25, -0.2) is 4.98 Å². The molecule has 0 bridgehead atoms. The fourth-order valence-corrected chi connectivity index (χ4v) is 1.86. The van der Waals surface area contributed by atoms with Gasteiger partial charge >= 0.3 is 0 Å². The highest BCUT2D eigenvalue weighted by Gasteiger charge is 2.10. The molecule has 1 aromatic heterocycles. The number of aromatic nitrogens is 1. The van der Waals surface area contributed by atoms with E-state index in [0.29, 0.717) is 5.15 Å². The van der Waals surface area contributed by atoms with Crippen LogP contribution in [0, 0.1) is 0 Å². The van der Waals surface area contributed by atoms with Gasteiger partial charge in [-0.05, 0) is 38.1 Å². The predicted octanol–water partition coefficient (Wildman–Crippen LogP) is 2.21. The Morgan fingerprint density at radius 2 is 2.13 bits per heavy atom. The van der Waals surface area contributed by atoms with E-state index in [9.17, 15) is 0 Å². The van der Waals surface area contributed by atoms with Gasteiger partial charge in [-0.2, -0.15) is 0 Å². The van der Waals surface area contributed by atoms with Gasteiger partial charge in [-0.3, -0.25) is 4.90 Å². The number of nitrogens with zero attached hydrogens (tertiary/aromatic N) is 2. The third-order valence-electron chi connectivity index (χ3n) is 2.58. The Hall–Kier alpha value is -0.800.